The summed E-state index contributed by atoms with van der Waals surface area (Å²) in [6.45, 7) is 1.52. The van der Waals surface area contributed by atoms with E-state index in [0.717, 1.165) is 24.4 Å². The molecule has 1 aliphatic rings. The van der Waals surface area contributed by atoms with Crippen LogP contribution < -0.4 is 5.32 Å². The van der Waals surface area contributed by atoms with Crippen LogP contribution >= 0.6 is 0 Å². The van der Waals surface area contributed by atoms with Gasteiger partial charge < -0.3 is 9.88 Å². The number of aryl methyl sites for hydroxylation is 2. The molecule has 1 aromatic carbocycles. The molecule has 1 aliphatic heterocycles. The number of benzene rings is 1. The predicted molar refractivity (Wildman–Crippen MR) is 72.8 cm³/mol. The molecule has 1 amide bonds. The van der Waals surface area contributed by atoms with Gasteiger partial charge in [-0.2, -0.15) is 0 Å². The van der Waals surface area contributed by atoms with Gasteiger partial charge in [-0.25, -0.2) is 4.98 Å². The molecule has 0 bridgehead atoms. The molecule has 0 saturated heterocycles. The van der Waals surface area contributed by atoms with Gasteiger partial charge in [-0.15, -0.1) is 0 Å². The monoisotopic (exact) mass is 255 g/mol. The summed E-state index contributed by atoms with van der Waals surface area (Å²) in [4.78, 5) is 16.5. The molecule has 98 valence electrons. The predicted octanol–water partition coefficient (Wildman–Crippen LogP) is 2.15. The van der Waals surface area contributed by atoms with Crippen molar-refractivity contribution in [3.8, 4) is 0 Å². The summed E-state index contributed by atoms with van der Waals surface area (Å²) >= 11 is 0. The maximum Gasteiger partial charge on any atom is 0.271 e. The zero-order valence-electron chi connectivity index (χ0n) is 10.8. The van der Waals surface area contributed by atoms with Crippen molar-refractivity contribution in [1.82, 2.24) is 14.9 Å². The molecule has 3 rings (SSSR count). The summed E-state index contributed by atoms with van der Waals surface area (Å²) in [5, 5.41) is 2.91. The zero-order valence-corrected chi connectivity index (χ0v) is 10.8. The van der Waals surface area contributed by atoms with Gasteiger partial charge in [0.05, 0.1) is 0 Å². The van der Waals surface area contributed by atoms with Crippen LogP contribution in [-0.4, -0.2) is 15.5 Å². The Bertz CT molecular complexity index is 551. The van der Waals surface area contributed by atoms with Gasteiger partial charge in [-0.05, 0) is 18.4 Å². The second-order valence-corrected chi connectivity index (χ2v) is 4.86. The van der Waals surface area contributed by atoms with Crippen LogP contribution in [0.3, 0.4) is 0 Å². The molecule has 19 heavy (non-hydrogen) atoms. The molecule has 0 spiro atoms. The molecule has 0 atom stereocenters. The third-order valence-corrected chi connectivity index (χ3v) is 3.44. The number of carbonyl (C=O) groups excluding carboxylic acids is 1. The standard InChI is InChI=1S/C15H17N3O/c19-15(16-10-12-6-2-1-3-7-12)13-11-18-9-5-4-8-14(18)17-13/h1-3,6-7,11H,4-5,8-10H2,(H,16,19). The molecule has 0 unspecified atom stereocenters. The van der Waals surface area contributed by atoms with E-state index in [9.17, 15) is 4.79 Å². The average molecular weight is 255 g/mol. The van der Waals surface area contributed by atoms with Crippen LogP contribution in [0.15, 0.2) is 36.5 Å². The van der Waals surface area contributed by atoms with Crippen LogP contribution in [0, 0.1) is 0 Å². The number of amides is 1. The average Bonchev–Trinajstić information content (AvgIpc) is 2.90. The summed E-state index contributed by atoms with van der Waals surface area (Å²) in [5.41, 5.74) is 1.63. The highest BCUT2D eigenvalue weighted by Gasteiger charge is 2.16. The minimum atomic E-state index is -0.0919. The fraction of sp³-hybridized carbons (Fsp3) is 0.333. The minimum absolute atomic E-state index is 0.0919. The fourth-order valence-electron chi connectivity index (χ4n) is 2.39. The summed E-state index contributed by atoms with van der Waals surface area (Å²) in [5.74, 6) is 0.946. The van der Waals surface area contributed by atoms with E-state index in [-0.39, 0.29) is 5.91 Å². The van der Waals surface area contributed by atoms with E-state index in [0.29, 0.717) is 12.2 Å². The highest BCUT2D eigenvalue weighted by atomic mass is 16.1. The number of aromatic nitrogens is 2. The van der Waals surface area contributed by atoms with Crippen molar-refractivity contribution in [1.29, 1.82) is 0 Å². The van der Waals surface area contributed by atoms with Gasteiger partial charge >= 0.3 is 0 Å². The Kier molecular flexibility index (Phi) is 3.31. The van der Waals surface area contributed by atoms with E-state index in [1.54, 1.807) is 0 Å². The third-order valence-electron chi connectivity index (χ3n) is 3.44. The maximum absolute atomic E-state index is 12.0. The number of carbonyl (C=O) groups is 1. The highest BCUT2D eigenvalue weighted by molar-refractivity contribution is 5.92. The van der Waals surface area contributed by atoms with E-state index in [1.807, 2.05) is 36.5 Å². The first-order valence-corrected chi connectivity index (χ1v) is 6.71. The van der Waals surface area contributed by atoms with Crippen molar-refractivity contribution in [2.45, 2.75) is 32.4 Å². The fourth-order valence-corrected chi connectivity index (χ4v) is 2.39. The smallest absolute Gasteiger partial charge is 0.271 e. The van der Waals surface area contributed by atoms with Crippen molar-refractivity contribution >= 4 is 5.91 Å². The third kappa shape index (κ3) is 2.67. The van der Waals surface area contributed by atoms with Crippen molar-refractivity contribution in [3.05, 3.63) is 53.6 Å². The number of nitrogens with one attached hydrogen (secondary N) is 1. The molecule has 0 fully saturated rings. The first kappa shape index (κ1) is 12.0. The van der Waals surface area contributed by atoms with Gasteiger partial charge in [0.15, 0.2) is 0 Å². The summed E-state index contributed by atoms with van der Waals surface area (Å²) in [6.07, 6.45) is 5.19. The largest absolute Gasteiger partial charge is 0.347 e. The zero-order chi connectivity index (χ0) is 13.1. The lowest BCUT2D eigenvalue weighted by Gasteiger charge is -2.11. The van der Waals surface area contributed by atoms with E-state index in [1.165, 1.54) is 12.8 Å². The highest BCUT2D eigenvalue weighted by Crippen LogP contribution is 2.14. The molecule has 4 nitrogen and oxygen atoms in total. The second-order valence-electron chi connectivity index (χ2n) is 4.86. The SMILES string of the molecule is O=C(NCc1ccccc1)c1cn2c(n1)CCCC2. The van der Waals surface area contributed by atoms with Gasteiger partial charge in [0.2, 0.25) is 0 Å². The van der Waals surface area contributed by atoms with Crippen molar-refractivity contribution in [2.24, 2.45) is 0 Å². The van der Waals surface area contributed by atoms with Gasteiger partial charge in [0.25, 0.3) is 5.91 Å². The number of fused-ring (bicyclic) bond motifs is 1. The molecule has 1 N–H and O–H groups in total. The Morgan fingerprint density at radius 1 is 1.26 bits per heavy atom. The van der Waals surface area contributed by atoms with E-state index in [2.05, 4.69) is 14.9 Å². The number of imidazole rings is 1. The number of nitrogens with zero attached hydrogens (tertiary/aromatic N) is 2. The van der Waals surface area contributed by atoms with Crippen molar-refractivity contribution < 1.29 is 4.79 Å². The van der Waals surface area contributed by atoms with Crippen LogP contribution in [0.5, 0.6) is 0 Å². The van der Waals surface area contributed by atoms with Crippen LogP contribution in [0.2, 0.25) is 0 Å². The molecule has 4 heteroatoms. The molecule has 1 aromatic heterocycles. The van der Waals surface area contributed by atoms with Gasteiger partial charge in [-0.1, -0.05) is 30.3 Å². The number of rotatable bonds is 3. The van der Waals surface area contributed by atoms with E-state index in [4.69, 9.17) is 0 Å². The van der Waals surface area contributed by atoms with Crippen LogP contribution in [-0.2, 0) is 19.5 Å². The summed E-state index contributed by atoms with van der Waals surface area (Å²) in [7, 11) is 0. The van der Waals surface area contributed by atoms with Gasteiger partial charge in [0, 0.05) is 25.7 Å². The van der Waals surface area contributed by atoms with Crippen molar-refractivity contribution in [2.75, 3.05) is 0 Å². The minimum Gasteiger partial charge on any atom is -0.347 e. The van der Waals surface area contributed by atoms with Crippen molar-refractivity contribution in [3.63, 3.8) is 0 Å². The van der Waals surface area contributed by atoms with Gasteiger partial charge in [-0.3, -0.25) is 4.79 Å². The Morgan fingerprint density at radius 2 is 2.11 bits per heavy atom. The second kappa shape index (κ2) is 5.26. The molecular formula is C15H17N3O. The lowest BCUT2D eigenvalue weighted by atomic mass is 10.2. The topological polar surface area (TPSA) is 46.9 Å². The molecule has 0 aliphatic carbocycles. The lowest BCUT2D eigenvalue weighted by molar-refractivity contribution is 0.0946. The molecule has 0 saturated carbocycles. The Balaban J connectivity index is 1.65. The molecule has 2 heterocycles. The lowest BCUT2D eigenvalue weighted by Crippen LogP contribution is -2.23. The van der Waals surface area contributed by atoms with Crippen LogP contribution in [0.4, 0.5) is 0 Å². The first-order chi connectivity index (χ1) is 9.33. The number of hydrogen-bond acceptors (Lipinski definition) is 2. The van der Waals surface area contributed by atoms with Crippen LogP contribution in [0.1, 0.15) is 34.7 Å². The van der Waals surface area contributed by atoms with E-state index >= 15 is 0 Å². The molecular weight excluding hydrogens is 238 g/mol. The molecule has 2 aromatic rings. The Morgan fingerprint density at radius 3 is 2.89 bits per heavy atom. The Hall–Kier alpha value is -2.10. The number of hydrogen-bond donors (Lipinski definition) is 1. The van der Waals surface area contributed by atoms with Crippen LogP contribution in [0.25, 0.3) is 0 Å². The van der Waals surface area contributed by atoms with E-state index < -0.39 is 0 Å². The maximum atomic E-state index is 12.0. The first-order valence-electron chi connectivity index (χ1n) is 6.71. The summed E-state index contributed by atoms with van der Waals surface area (Å²) in [6, 6.07) is 9.90. The Labute approximate surface area is 112 Å². The van der Waals surface area contributed by atoms with Gasteiger partial charge in [0.1, 0.15) is 11.5 Å². The quantitative estimate of drug-likeness (QED) is 0.913. The normalized spacial score (nSPS) is 13.9. The molecule has 0 radical (unpaired) electrons. The summed E-state index contributed by atoms with van der Waals surface area (Å²) < 4.78 is 2.10.